The Hall–Kier alpha value is -2.38. The summed E-state index contributed by atoms with van der Waals surface area (Å²) in [4.78, 5) is 14.6. The zero-order chi connectivity index (χ0) is 21.7. The molecule has 2 aromatic rings. The van der Waals surface area contributed by atoms with Crippen LogP contribution in [0.3, 0.4) is 0 Å². The van der Waals surface area contributed by atoms with E-state index in [9.17, 15) is 13.2 Å². The highest BCUT2D eigenvalue weighted by Gasteiger charge is 2.27. The molecule has 1 aliphatic heterocycles. The fraction of sp³-hybridized carbons (Fsp3) is 0.435. The van der Waals surface area contributed by atoms with Crippen molar-refractivity contribution in [3.8, 4) is 0 Å². The third-order valence-electron chi connectivity index (χ3n) is 5.66. The first kappa shape index (κ1) is 22.3. The minimum atomic E-state index is -3.37. The minimum absolute atomic E-state index is 0.0382. The number of piperidine rings is 1. The topological polar surface area (TPSA) is 69.7 Å². The van der Waals surface area contributed by atoms with Crippen molar-refractivity contribution < 1.29 is 13.2 Å². The summed E-state index contributed by atoms with van der Waals surface area (Å²) in [6, 6.07) is 14.8. The smallest absolute Gasteiger partial charge is 0.251 e. The minimum Gasteiger partial charge on any atom is -0.378 e. The van der Waals surface area contributed by atoms with E-state index in [0.29, 0.717) is 24.6 Å². The van der Waals surface area contributed by atoms with Crippen LogP contribution in [0.5, 0.6) is 0 Å². The van der Waals surface area contributed by atoms with Crippen molar-refractivity contribution in [3.63, 3.8) is 0 Å². The highest BCUT2D eigenvalue weighted by Crippen LogP contribution is 2.22. The predicted octanol–water partition coefficient (Wildman–Crippen LogP) is 3.24. The summed E-state index contributed by atoms with van der Waals surface area (Å²) in [5.74, 6) is 0.357. The van der Waals surface area contributed by atoms with Crippen molar-refractivity contribution >= 4 is 21.6 Å². The number of carbonyl (C=O) groups is 1. The summed E-state index contributed by atoms with van der Waals surface area (Å²) in [5.41, 5.74) is 3.08. The Labute approximate surface area is 179 Å². The van der Waals surface area contributed by atoms with E-state index < -0.39 is 10.0 Å². The summed E-state index contributed by atoms with van der Waals surface area (Å²) in [5, 5.41) is 2.93. The van der Waals surface area contributed by atoms with Crippen LogP contribution in [0.1, 0.15) is 41.3 Å². The molecule has 1 aliphatic rings. The highest BCUT2D eigenvalue weighted by atomic mass is 32.2. The lowest BCUT2D eigenvalue weighted by molar-refractivity contribution is 0.0951. The van der Waals surface area contributed by atoms with Gasteiger partial charge in [-0.1, -0.05) is 37.3 Å². The third-order valence-corrected chi connectivity index (χ3v) is 7.48. The molecule has 162 valence electrons. The van der Waals surface area contributed by atoms with E-state index in [2.05, 4.69) is 12.2 Å². The van der Waals surface area contributed by atoms with Crippen LogP contribution in [0.2, 0.25) is 0 Å². The van der Waals surface area contributed by atoms with E-state index in [-0.39, 0.29) is 18.2 Å². The lowest BCUT2D eigenvalue weighted by Crippen LogP contribution is -2.38. The lowest BCUT2D eigenvalue weighted by atomic mass is 10.0. The van der Waals surface area contributed by atoms with Gasteiger partial charge in [-0.15, -0.1) is 0 Å². The number of sulfonamides is 1. The molecule has 0 aliphatic carbocycles. The van der Waals surface area contributed by atoms with Crippen LogP contribution >= 0.6 is 0 Å². The number of nitrogens with zero attached hydrogens (tertiary/aromatic N) is 2. The van der Waals surface area contributed by atoms with Crippen LogP contribution in [0.25, 0.3) is 0 Å². The molecule has 2 aromatic carbocycles. The zero-order valence-corrected chi connectivity index (χ0v) is 18.8. The molecule has 0 aromatic heterocycles. The fourth-order valence-corrected chi connectivity index (χ4v) is 5.25. The van der Waals surface area contributed by atoms with Gasteiger partial charge in [0.2, 0.25) is 10.0 Å². The fourth-order valence-electron chi connectivity index (χ4n) is 3.62. The molecule has 7 heteroatoms. The molecule has 0 atom stereocenters. The second-order valence-electron chi connectivity index (χ2n) is 8.23. The Kier molecular flexibility index (Phi) is 7.15. The van der Waals surface area contributed by atoms with Crippen molar-refractivity contribution in [1.82, 2.24) is 9.62 Å². The van der Waals surface area contributed by atoms with Crippen LogP contribution in [0.15, 0.2) is 48.5 Å². The van der Waals surface area contributed by atoms with Crippen molar-refractivity contribution in [2.75, 3.05) is 32.1 Å². The van der Waals surface area contributed by atoms with Gasteiger partial charge in [0.05, 0.1) is 5.75 Å². The van der Waals surface area contributed by atoms with Gasteiger partial charge in [-0.25, -0.2) is 12.7 Å². The maximum Gasteiger partial charge on any atom is 0.251 e. The average Bonchev–Trinajstić information content (AvgIpc) is 2.73. The van der Waals surface area contributed by atoms with E-state index in [1.807, 2.05) is 61.5 Å². The molecule has 6 nitrogen and oxygen atoms in total. The number of anilines is 1. The number of hydrogen-bond donors (Lipinski definition) is 1. The largest absolute Gasteiger partial charge is 0.378 e. The lowest BCUT2D eigenvalue weighted by Gasteiger charge is -2.29. The summed E-state index contributed by atoms with van der Waals surface area (Å²) in [6.07, 6.45) is 1.81. The van der Waals surface area contributed by atoms with Gasteiger partial charge < -0.3 is 10.2 Å². The first-order chi connectivity index (χ1) is 14.3. The Morgan fingerprint density at radius 2 is 1.73 bits per heavy atom. The van der Waals surface area contributed by atoms with Gasteiger partial charge >= 0.3 is 0 Å². The predicted molar refractivity (Wildman–Crippen MR) is 121 cm³/mol. The second-order valence-corrected chi connectivity index (χ2v) is 10.2. The number of amides is 1. The van der Waals surface area contributed by atoms with Gasteiger partial charge in [0.25, 0.3) is 5.91 Å². The van der Waals surface area contributed by atoms with E-state index in [0.717, 1.165) is 29.7 Å². The summed E-state index contributed by atoms with van der Waals surface area (Å²) < 4.78 is 27.4. The van der Waals surface area contributed by atoms with E-state index in [1.165, 1.54) is 0 Å². The number of hydrogen-bond acceptors (Lipinski definition) is 4. The van der Waals surface area contributed by atoms with E-state index in [4.69, 9.17) is 0 Å². The second kappa shape index (κ2) is 9.62. The van der Waals surface area contributed by atoms with E-state index >= 15 is 0 Å². The Morgan fingerprint density at radius 3 is 2.40 bits per heavy atom. The molecule has 30 heavy (non-hydrogen) atoms. The molecule has 1 fully saturated rings. The van der Waals surface area contributed by atoms with Crippen LogP contribution < -0.4 is 10.2 Å². The SMILES string of the molecule is CC1CCN(S(=O)(=O)Cc2ccccc2CNC(=O)c2cccc(N(C)C)c2)CC1. The molecule has 0 unspecified atom stereocenters. The van der Waals surface area contributed by atoms with Crippen LogP contribution in [-0.2, 0) is 22.3 Å². The molecule has 0 radical (unpaired) electrons. The van der Waals surface area contributed by atoms with Gasteiger partial charge in [-0.05, 0) is 48.1 Å². The Morgan fingerprint density at radius 1 is 1.07 bits per heavy atom. The van der Waals surface area contributed by atoms with Crippen LogP contribution in [-0.4, -0.2) is 45.8 Å². The quantitative estimate of drug-likeness (QED) is 0.734. The summed E-state index contributed by atoms with van der Waals surface area (Å²) >= 11 is 0. The molecule has 0 saturated carbocycles. The van der Waals surface area contributed by atoms with Gasteiger partial charge in [-0.2, -0.15) is 0 Å². The zero-order valence-electron chi connectivity index (χ0n) is 18.0. The molecule has 3 rings (SSSR count). The molecule has 1 amide bonds. The van der Waals surface area contributed by atoms with Gasteiger partial charge in [0, 0.05) is 45.0 Å². The summed E-state index contributed by atoms with van der Waals surface area (Å²) in [6.45, 7) is 3.62. The number of carbonyl (C=O) groups excluding carboxylic acids is 1. The molecule has 1 saturated heterocycles. The first-order valence-electron chi connectivity index (χ1n) is 10.4. The van der Waals surface area contributed by atoms with E-state index in [1.54, 1.807) is 10.4 Å². The molecule has 0 bridgehead atoms. The first-order valence-corrected chi connectivity index (χ1v) is 12.0. The van der Waals surface area contributed by atoms with Crippen molar-refractivity contribution in [2.45, 2.75) is 32.1 Å². The highest BCUT2D eigenvalue weighted by molar-refractivity contribution is 7.88. The Bertz CT molecular complexity index is 981. The van der Waals surface area contributed by atoms with Crippen molar-refractivity contribution in [1.29, 1.82) is 0 Å². The number of benzene rings is 2. The van der Waals surface area contributed by atoms with Gasteiger partial charge in [-0.3, -0.25) is 4.79 Å². The summed E-state index contributed by atoms with van der Waals surface area (Å²) in [7, 11) is 0.481. The molecular weight excluding hydrogens is 398 g/mol. The van der Waals surface area contributed by atoms with Crippen LogP contribution in [0.4, 0.5) is 5.69 Å². The number of nitrogens with one attached hydrogen (secondary N) is 1. The molecule has 0 spiro atoms. The van der Waals surface area contributed by atoms with Crippen molar-refractivity contribution in [3.05, 3.63) is 65.2 Å². The maximum absolute atomic E-state index is 12.9. The standard InChI is InChI=1S/C23H31N3O3S/c1-18-11-13-26(14-12-18)30(28,29)17-21-8-5-4-7-20(21)16-24-23(27)19-9-6-10-22(15-19)25(2)3/h4-10,15,18H,11-14,16-17H2,1-3H3,(H,24,27). The van der Waals surface area contributed by atoms with Gasteiger partial charge in [0.15, 0.2) is 0 Å². The molecule has 1 N–H and O–H groups in total. The third kappa shape index (κ3) is 5.61. The maximum atomic E-state index is 12.9. The average molecular weight is 430 g/mol. The molecule has 1 heterocycles. The van der Waals surface area contributed by atoms with Crippen LogP contribution in [0, 0.1) is 5.92 Å². The molecular formula is C23H31N3O3S. The van der Waals surface area contributed by atoms with Crippen molar-refractivity contribution in [2.24, 2.45) is 5.92 Å². The normalized spacial score (nSPS) is 15.7. The monoisotopic (exact) mass is 429 g/mol. The van der Waals surface area contributed by atoms with Gasteiger partial charge in [0.1, 0.15) is 0 Å². The Balaban J connectivity index is 1.68. The number of rotatable bonds is 7.